The van der Waals surface area contributed by atoms with Crippen LogP contribution in [0.2, 0.25) is 0 Å². The lowest BCUT2D eigenvalue weighted by molar-refractivity contribution is -0.131. The fraction of sp³-hybridized carbons (Fsp3) is 0.423. The van der Waals surface area contributed by atoms with E-state index in [2.05, 4.69) is 15.3 Å². The number of anilines is 1. The van der Waals surface area contributed by atoms with Crippen molar-refractivity contribution in [2.24, 2.45) is 7.05 Å². The van der Waals surface area contributed by atoms with Gasteiger partial charge < -0.3 is 14.8 Å². The number of imidazole rings is 1. The molecule has 1 fully saturated rings. The molecular weight excluding hydrogens is 436 g/mol. The molecule has 3 heterocycles. The number of nitrogens with zero attached hydrogens (tertiary/aromatic N) is 4. The molecule has 1 N–H and O–H groups in total. The maximum absolute atomic E-state index is 13.8. The number of benzene rings is 1. The minimum atomic E-state index is -3.02. The van der Waals surface area contributed by atoms with E-state index < -0.39 is 5.92 Å². The van der Waals surface area contributed by atoms with Crippen LogP contribution in [0.4, 0.5) is 14.6 Å². The highest BCUT2D eigenvalue weighted by Crippen LogP contribution is 2.30. The lowest BCUT2D eigenvalue weighted by atomic mass is 9.95. The summed E-state index contributed by atoms with van der Waals surface area (Å²) in [7, 11) is 1.56. The Labute approximate surface area is 199 Å². The third kappa shape index (κ3) is 4.81. The molecule has 0 aliphatic carbocycles. The summed E-state index contributed by atoms with van der Waals surface area (Å²) in [6.07, 6.45) is 2.43. The minimum absolute atomic E-state index is 0.103. The van der Waals surface area contributed by atoms with Crippen molar-refractivity contribution >= 4 is 11.7 Å². The summed E-state index contributed by atoms with van der Waals surface area (Å²) in [6.45, 7) is 8.00. The van der Waals surface area contributed by atoms with Crippen LogP contribution < -0.4 is 5.32 Å². The molecule has 180 valence electrons. The van der Waals surface area contributed by atoms with Crippen LogP contribution in [0.5, 0.6) is 0 Å². The van der Waals surface area contributed by atoms with E-state index in [0.717, 1.165) is 24.5 Å². The Kier molecular flexibility index (Phi) is 6.43. The van der Waals surface area contributed by atoms with E-state index in [4.69, 9.17) is 0 Å². The molecule has 2 aromatic heterocycles. The van der Waals surface area contributed by atoms with Gasteiger partial charge in [0.05, 0.1) is 11.6 Å². The van der Waals surface area contributed by atoms with E-state index in [9.17, 15) is 13.6 Å². The number of carbonyl (C=O) groups is 1. The van der Waals surface area contributed by atoms with Crippen LogP contribution in [0.25, 0.3) is 11.3 Å². The first kappa shape index (κ1) is 23.9. The molecule has 1 saturated heterocycles. The Morgan fingerprint density at radius 2 is 1.91 bits per heavy atom. The predicted octanol–water partition coefficient (Wildman–Crippen LogP) is 5.03. The molecule has 8 heteroatoms. The first-order chi connectivity index (χ1) is 16.0. The van der Waals surface area contributed by atoms with Gasteiger partial charge in [0.1, 0.15) is 5.82 Å². The molecule has 1 aliphatic heterocycles. The Bertz CT molecular complexity index is 1200. The lowest BCUT2D eigenvalue weighted by Crippen LogP contribution is -2.34. The van der Waals surface area contributed by atoms with E-state index in [1.807, 2.05) is 62.1 Å². The smallest absolute Gasteiger partial charge is 0.302 e. The van der Waals surface area contributed by atoms with E-state index >= 15 is 0 Å². The van der Waals surface area contributed by atoms with Gasteiger partial charge in [0.2, 0.25) is 5.91 Å². The first-order valence-corrected chi connectivity index (χ1v) is 11.5. The number of amides is 1. The molecule has 6 nitrogen and oxygen atoms in total. The zero-order valence-corrected chi connectivity index (χ0v) is 20.3. The summed E-state index contributed by atoms with van der Waals surface area (Å²) in [6, 6.07) is 11.8. The van der Waals surface area contributed by atoms with Gasteiger partial charge in [0, 0.05) is 50.6 Å². The molecule has 1 aliphatic rings. The van der Waals surface area contributed by atoms with Gasteiger partial charge in [-0.2, -0.15) is 8.78 Å². The van der Waals surface area contributed by atoms with Crippen LogP contribution >= 0.6 is 0 Å². The number of aryl methyl sites for hydroxylation is 3. The molecule has 0 radical (unpaired) electrons. The van der Waals surface area contributed by atoms with Crippen molar-refractivity contribution in [1.82, 2.24) is 19.4 Å². The predicted molar refractivity (Wildman–Crippen MR) is 129 cm³/mol. The molecule has 1 aromatic carbocycles. The number of likely N-dealkylation sites (tertiary alicyclic amines) is 1. The molecule has 4 rings (SSSR count). The number of rotatable bonds is 6. The number of hydrogen-bond donors (Lipinski definition) is 1. The third-order valence-corrected chi connectivity index (χ3v) is 6.51. The molecule has 34 heavy (non-hydrogen) atoms. The fourth-order valence-corrected chi connectivity index (χ4v) is 4.68. The second kappa shape index (κ2) is 9.16. The highest BCUT2D eigenvalue weighted by Gasteiger charge is 2.31. The summed E-state index contributed by atoms with van der Waals surface area (Å²) in [4.78, 5) is 23.7. The average Bonchev–Trinajstić information content (AvgIpc) is 3.39. The van der Waals surface area contributed by atoms with E-state index in [1.165, 1.54) is 4.57 Å². The van der Waals surface area contributed by atoms with Crippen molar-refractivity contribution in [3.05, 3.63) is 65.2 Å². The summed E-state index contributed by atoms with van der Waals surface area (Å²) < 4.78 is 28.9. The summed E-state index contributed by atoms with van der Waals surface area (Å²) in [5.74, 6) is -2.64. The van der Waals surface area contributed by atoms with Gasteiger partial charge in [0.15, 0.2) is 5.82 Å². The highest BCUT2D eigenvalue weighted by molar-refractivity contribution is 5.84. The van der Waals surface area contributed by atoms with Crippen LogP contribution in [-0.2, 0) is 17.8 Å². The van der Waals surface area contributed by atoms with E-state index in [1.54, 1.807) is 13.2 Å². The molecule has 0 saturated carbocycles. The van der Waals surface area contributed by atoms with Crippen molar-refractivity contribution in [2.75, 3.05) is 18.4 Å². The number of nitrogens with one attached hydrogen (secondary N) is 1. The Morgan fingerprint density at radius 1 is 1.18 bits per heavy atom. The molecule has 0 bridgehead atoms. The molecule has 0 unspecified atom stereocenters. The Hall–Kier alpha value is -3.29. The fourth-order valence-electron chi connectivity index (χ4n) is 4.68. The number of alkyl halides is 2. The SMILES string of the molecule is Cc1ccccc1[C@@H](C)C(=O)N1CC[C@H](Nc2ccc(-c3cn(C)c(C(C)(F)F)n3)c(C)n2)C1. The van der Waals surface area contributed by atoms with Gasteiger partial charge in [-0.1, -0.05) is 24.3 Å². The Balaban J connectivity index is 1.42. The van der Waals surface area contributed by atoms with Gasteiger partial charge >= 0.3 is 5.92 Å². The van der Waals surface area contributed by atoms with Gasteiger partial charge in [0.25, 0.3) is 0 Å². The van der Waals surface area contributed by atoms with Crippen molar-refractivity contribution in [1.29, 1.82) is 0 Å². The molecular formula is C26H31F2N5O. The van der Waals surface area contributed by atoms with Gasteiger partial charge in [-0.15, -0.1) is 0 Å². The monoisotopic (exact) mass is 467 g/mol. The molecule has 3 aromatic rings. The Morgan fingerprint density at radius 3 is 2.56 bits per heavy atom. The third-order valence-electron chi connectivity index (χ3n) is 6.51. The van der Waals surface area contributed by atoms with Crippen LogP contribution in [0.1, 0.15) is 48.8 Å². The summed E-state index contributed by atoms with van der Waals surface area (Å²) in [5, 5.41) is 3.43. The lowest BCUT2D eigenvalue weighted by Gasteiger charge is -2.22. The van der Waals surface area contributed by atoms with Crippen molar-refractivity contribution in [3.8, 4) is 11.3 Å². The van der Waals surface area contributed by atoms with Gasteiger partial charge in [-0.05, 0) is 50.5 Å². The zero-order chi connectivity index (χ0) is 24.6. The zero-order valence-electron chi connectivity index (χ0n) is 20.3. The molecule has 2 atom stereocenters. The second-order valence-electron chi connectivity index (χ2n) is 9.27. The highest BCUT2D eigenvalue weighted by atomic mass is 19.3. The number of aromatic nitrogens is 3. The maximum Gasteiger partial charge on any atom is 0.302 e. The van der Waals surface area contributed by atoms with E-state index in [-0.39, 0.29) is 23.7 Å². The van der Waals surface area contributed by atoms with Crippen molar-refractivity contribution in [2.45, 2.75) is 52.0 Å². The van der Waals surface area contributed by atoms with Crippen molar-refractivity contribution in [3.63, 3.8) is 0 Å². The van der Waals surface area contributed by atoms with Crippen molar-refractivity contribution < 1.29 is 13.6 Å². The van der Waals surface area contributed by atoms with E-state index in [0.29, 0.717) is 35.9 Å². The molecule has 0 spiro atoms. The minimum Gasteiger partial charge on any atom is -0.365 e. The van der Waals surface area contributed by atoms with Crippen LogP contribution in [0, 0.1) is 13.8 Å². The standard InChI is InChI=1S/C26H31F2N5O/c1-16-8-6-7-9-20(16)17(2)24(34)33-13-12-19(14-33)30-23-11-10-21(18(3)29-23)22-15-32(5)25(31-22)26(4,27)28/h6-11,15,17,19H,12-14H2,1-5H3,(H,29,30)/t17-,19+/m1/s1. The second-order valence-corrected chi connectivity index (χ2v) is 9.27. The van der Waals surface area contributed by atoms with Gasteiger partial charge in [-0.25, -0.2) is 9.97 Å². The quantitative estimate of drug-likeness (QED) is 0.553. The normalized spacial score (nSPS) is 17.1. The molecule has 1 amide bonds. The number of halogens is 2. The maximum atomic E-state index is 13.8. The summed E-state index contributed by atoms with van der Waals surface area (Å²) >= 11 is 0. The largest absolute Gasteiger partial charge is 0.365 e. The van der Waals surface area contributed by atoms with Crippen LogP contribution in [0.3, 0.4) is 0 Å². The van der Waals surface area contributed by atoms with Gasteiger partial charge in [-0.3, -0.25) is 4.79 Å². The van der Waals surface area contributed by atoms with Crippen LogP contribution in [0.15, 0.2) is 42.6 Å². The topological polar surface area (TPSA) is 63.1 Å². The summed E-state index contributed by atoms with van der Waals surface area (Å²) in [5.41, 5.74) is 4.08. The first-order valence-electron chi connectivity index (χ1n) is 11.5. The van der Waals surface area contributed by atoms with Crippen LogP contribution in [-0.4, -0.2) is 44.5 Å². The average molecular weight is 468 g/mol. The number of carbonyl (C=O) groups excluding carboxylic acids is 1. The number of pyridine rings is 1. The number of hydrogen-bond acceptors (Lipinski definition) is 4.